The van der Waals surface area contributed by atoms with Crippen molar-refractivity contribution in [2.24, 2.45) is 0 Å². The SMILES string of the molecule is N#Cc1ccc(NC(=O)CCCn2ncccc2=O)cc1. The maximum absolute atomic E-state index is 11.8. The van der Waals surface area contributed by atoms with Gasteiger partial charge in [0.15, 0.2) is 0 Å². The summed E-state index contributed by atoms with van der Waals surface area (Å²) in [6, 6.07) is 11.7. The average molecular weight is 282 g/mol. The van der Waals surface area contributed by atoms with Gasteiger partial charge < -0.3 is 5.32 Å². The summed E-state index contributed by atoms with van der Waals surface area (Å²) in [5.74, 6) is -0.135. The molecule has 0 saturated carbocycles. The van der Waals surface area contributed by atoms with E-state index in [1.165, 1.54) is 16.9 Å². The molecule has 0 unspecified atom stereocenters. The Bertz CT molecular complexity index is 713. The van der Waals surface area contributed by atoms with E-state index in [1.54, 1.807) is 30.3 Å². The summed E-state index contributed by atoms with van der Waals surface area (Å²) in [4.78, 5) is 23.2. The first-order chi connectivity index (χ1) is 10.2. The molecule has 0 bridgehead atoms. The minimum absolute atomic E-state index is 0.135. The van der Waals surface area contributed by atoms with Crippen LogP contribution >= 0.6 is 0 Å². The molecule has 1 amide bonds. The highest BCUT2D eigenvalue weighted by Crippen LogP contribution is 2.09. The van der Waals surface area contributed by atoms with E-state index < -0.39 is 0 Å². The van der Waals surface area contributed by atoms with Gasteiger partial charge in [-0.3, -0.25) is 9.59 Å². The van der Waals surface area contributed by atoms with Crippen LogP contribution in [-0.4, -0.2) is 15.7 Å². The van der Waals surface area contributed by atoms with Gasteiger partial charge in [-0.2, -0.15) is 10.4 Å². The van der Waals surface area contributed by atoms with Gasteiger partial charge in [0.05, 0.1) is 11.6 Å². The lowest BCUT2D eigenvalue weighted by Gasteiger charge is -2.06. The lowest BCUT2D eigenvalue weighted by molar-refractivity contribution is -0.116. The van der Waals surface area contributed by atoms with Crippen molar-refractivity contribution in [2.75, 3.05) is 5.32 Å². The Kier molecular flexibility index (Phi) is 4.83. The molecule has 6 nitrogen and oxygen atoms in total. The molecule has 0 aliphatic heterocycles. The molecule has 2 aromatic rings. The van der Waals surface area contributed by atoms with Crippen LogP contribution in [0.15, 0.2) is 47.4 Å². The molecule has 0 aliphatic carbocycles. The molecule has 0 saturated heterocycles. The van der Waals surface area contributed by atoms with Crippen LogP contribution in [0.25, 0.3) is 0 Å². The molecule has 0 radical (unpaired) electrons. The normalized spacial score (nSPS) is 9.86. The van der Waals surface area contributed by atoms with E-state index in [0.717, 1.165) is 0 Å². The number of aromatic nitrogens is 2. The lowest BCUT2D eigenvalue weighted by Crippen LogP contribution is -2.22. The number of carbonyl (C=O) groups excluding carboxylic acids is 1. The first kappa shape index (κ1) is 14.5. The molecule has 0 spiro atoms. The number of nitrogens with one attached hydrogen (secondary N) is 1. The fraction of sp³-hybridized carbons (Fsp3) is 0.200. The highest BCUT2D eigenvalue weighted by Gasteiger charge is 2.03. The van der Waals surface area contributed by atoms with Gasteiger partial charge in [0, 0.05) is 30.9 Å². The number of nitrogens with zero attached hydrogens (tertiary/aromatic N) is 3. The van der Waals surface area contributed by atoms with Crippen molar-refractivity contribution < 1.29 is 4.79 Å². The molecule has 0 fully saturated rings. The molecule has 1 aromatic heterocycles. The predicted molar refractivity (Wildman–Crippen MR) is 77.5 cm³/mol. The molecule has 2 rings (SSSR count). The second-order valence-electron chi connectivity index (χ2n) is 4.43. The van der Waals surface area contributed by atoms with E-state index in [1.807, 2.05) is 6.07 Å². The summed E-state index contributed by atoms with van der Waals surface area (Å²) in [5.41, 5.74) is 1.02. The predicted octanol–water partition coefficient (Wildman–Crippen LogP) is 1.53. The number of hydrogen-bond acceptors (Lipinski definition) is 4. The number of nitriles is 1. The Morgan fingerprint density at radius 2 is 2.05 bits per heavy atom. The van der Waals surface area contributed by atoms with E-state index in [4.69, 9.17) is 5.26 Å². The largest absolute Gasteiger partial charge is 0.326 e. The zero-order chi connectivity index (χ0) is 15.1. The highest BCUT2D eigenvalue weighted by molar-refractivity contribution is 5.90. The molecular formula is C15H14N4O2. The summed E-state index contributed by atoms with van der Waals surface area (Å²) in [5, 5.41) is 15.3. The van der Waals surface area contributed by atoms with Gasteiger partial charge in [0.1, 0.15) is 0 Å². The van der Waals surface area contributed by atoms with Crippen LogP contribution in [0.1, 0.15) is 18.4 Å². The molecule has 0 aliphatic rings. The van der Waals surface area contributed by atoms with Crippen LogP contribution < -0.4 is 10.9 Å². The summed E-state index contributed by atoms with van der Waals surface area (Å²) in [6.07, 6.45) is 2.36. The number of benzene rings is 1. The highest BCUT2D eigenvalue weighted by atomic mass is 16.1. The second kappa shape index (κ2) is 7.01. The molecule has 106 valence electrons. The summed E-state index contributed by atoms with van der Waals surface area (Å²) in [7, 11) is 0. The first-order valence-electron chi connectivity index (χ1n) is 6.51. The van der Waals surface area contributed by atoms with E-state index in [9.17, 15) is 9.59 Å². The molecule has 1 N–H and O–H groups in total. The van der Waals surface area contributed by atoms with E-state index >= 15 is 0 Å². The maximum atomic E-state index is 11.8. The number of carbonyl (C=O) groups is 1. The van der Waals surface area contributed by atoms with Crippen LogP contribution in [0.3, 0.4) is 0 Å². The smallest absolute Gasteiger partial charge is 0.266 e. The number of rotatable bonds is 5. The van der Waals surface area contributed by atoms with Gasteiger partial charge in [0.25, 0.3) is 5.56 Å². The Balaban J connectivity index is 1.81. The Morgan fingerprint density at radius 3 is 2.71 bits per heavy atom. The minimum Gasteiger partial charge on any atom is -0.326 e. The Labute approximate surface area is 121 Å². The standard InChI is InChI=1S/C15H14N4O2/c16-11-12-5-7-13(8-6-12)18-14(20)3-2-10-19-15(21)4-1-9-17-19/h1,4-9H,2-3,10H2,(H,18,20). The van der Waals surface area contributed by atoms with Gasteiger partial charge in [0.2, 0.25) is 5.91 Å². The van der Waals surface area contributed by atoms with Crippen LogP contribution in [0.4, 0.5) is 5.69 Å². The zero-order valence-electron chi connectivity index (χ0n) is 11.3. The minimum atomic E-state index is -0.176. The third kappa shape index (κ3) is 4.28. The summed E-state index contributed by atoms with van der Waals surface area (Å²) in [6.45, 7) is 0.403. The Hall–Kier alpha value is -2.94. The van der Waals surface area contributed by atoms with Crippen LogP contribution in [-0.2, 0) is 11.3 Å². The average Bonchev–Trinajstić information content (AvgIpc) is 2.50. The van der Waals surface area contributed by atoms with Crippen molar-refractivity contribution in [3.63, 3.8) is 0 Å². The van der Waals surface area contributed by atoms with E-state index in [0.29, 0.717) is 30.6 Å². The monoisotopic (exact) mass is 282 g/mol. The third-order valence-electron chi connectivity index (χ3n) is 2.86. The van der Waals surface area contributed by atoms with Gasteiger partial charge in [-0.05, 0) is 36.8 Å². The lowest BCUT2D eigenvalue weighted by atomic mass is 10.2. The van der Waals surface area contributed by atoms with Crippen molar-refractivity contribution >= 4 is 11.6 Å². The maximum Gasteiger partial charge on any atom is 0.266 e. The zero-order valence-corrected chi connectivity index (χ0v) is 11.3. The number of anilines is 1. The summed E-state index contributed by atoms with van der Waals surface area (Å²) < 4.78 is 1.33. The molecule has 21 heavy (non-hydrogen) atoms. The third-order valence-corrected chi connectivity index (χ3v) is 2.86. The Morgan fingerprint density at radius 1 is 1.29 bits per heavy atom. The van der Waals surface area contributed by atoms with Gasteiger partial charge in [-0.15, -0.1) is 0 Å². The van der Waals surface area contributed by atoms with Crippen molar-refractivity contribution in [3.8, 4) is 6.07 Å². The number of hydrogen-bond donors (Lipinski definition) is 1. The molecule has 1 heterocycles. The fourth-order valence-corrected chi connectivity index (χ4v) is 1.80. The van der Waals surface area contributed by atoms with Crippen molar-refractivity contribution in [3.05, 3.63) is 58.5 Å². The molecule has 0 atom stereocenters. The molecular weight excluding hydrogens is 268 g/mol. The van der Waals surface area contributed by atoms with Crippen molar-refractivity contribution in [1.29, 1.82) is 5.26 Å². The first-order valence-corrected chi connectivity index (χ1v) is 6.51. The van der Waals surface area contributed by atoms with Gasteiger partial charge in [-0.1, -0.05) is 0 Å². The molecule has 1 aromatic carbocycles. The van der Waals surface area contributed by atoms with Gasteiger partial charge in [-0.25, -0.2) is 4.68 Å². The van der Waals surface area contributed by atoms with E-state index in [2.05, 4.69) is 10.4 Å². The van der Waals surface area contributed by atoms with Gasteiger partial charge >= 0.3 is 0 Å². The number of aryl methyl sites for hydroxylation is 1. The quantitative estimate of drug-likeness (QED) is 0.900. The fourth-order valence-electron chi connectivity index (χ4n) is 1.80. The summed E-state index contributed by atoms with van der Waals surface area (Å²) >= 11 is 0. The molecule has 6 heteroatoms. The number of amides is 1. The van der Waals surface area contributed by atoms with E-state index in [-0.39, 0.29) is 11.5 Å². The van der Waals surface area contributed by atoms with Crippen LogP contribution in [0.5, 0.6) is 0 Å². The second-order valence-corrected chi connectivity index (χ2v) is 4.43. The topological polar surface area (TPSA) is 87.8 Å². The van der Waals surface area contributed by atoms with Crippen molar-refractivity contribution in [2.45, 2.75) is 19.4 Å². The van der Waals surface area contributed by atoms with Crippen LogP contribution in [0, 0.1) is 11.3 Å². The van der Waals surface area contributed by atoms with Crippen molar-refractivity contribution in [1.82, 2.24) is 9.78 Å². The van der Waals surface area contributed by atoms with Crippen LogP contribution in [0.2, 0.25) is 0 Å².